The van der Waals surface area contributed by atoms with Gasteiger partial charge in [0.05, 0.1) is 10.7 Å². The van der Waals surface area contributed by atoms with Gasteiger partial charge in [0.25, 0.3) is 0 Å². The van der Waals surface area contributed by atoms with Crippen molar-refractivity contribution >= 4 is 17.9 Å². The number of carbonyl (C=O) groups is 1. The van der Waals surface area contributed by atoms with Gasteiger partial charge in [0.15, 0.2) is 6.29 Å². The Bertz CT molecular complexity index is 505. The van der Waals surface area contributed by atoms with Crippen molar-refractivity contribution in [3.05, 3.63) is 41.0 Å². The molecule has 0 fully saturated rings. The summed E-state index contributed by atoms with van der Waals surface area (Å²) in [6.45, 7) is 0. The number of aryl methyl sites for hydroxylation is 1. The lowest BCUT2D eigenvalue weighted by Gasteiger charge is -1.99. The highest BCUT2D eigenvalue weighted by molar-refractivity contribution is 6.33. The molecule has 4 heteroatoms. The van der Waals surface area contributed by atoms with Crippen LogP contribution in [0.4, 0.5) is 0 Å². The summed E-state index contributed by atoms with van der Waals surface area (Å²) < 4.78 is 1.71. The van der Waals surface area contributed by atoms with Gasteiger partial charge in [0.1, 0.15) is 0 Å². The van der Waals surface area contributed by atoms with Crippen LogP contribution in [-0.4, -0.2) is 16.1 Å². The predicted molar refractivity (Wildman–Crippen MR) is 59.0 cm³/mol. The molecule has 1 heterocycles. The number of hydrogen-bond donors (Lipinski definition) is 0. The number of carbonyl (C=O) groups excluding carboxylic acids is 1. The molecule has 0 spiro atoms. The van der Waals surface area contributed by atoms with Gasteiger partial charge in [-0.25, -0.2) is 0 Å². The molecule has 0 radical (unpaired) electrons. The molecule has 0 aliphatic carbocycles. The molecule has 0 N–H and O–H groups in total. The second-order valence-corrected chi connectivity index (χ2v) is 3.64. The minimum absolute atomic E-state index is 0.463. The fourth-order valence-corrected chi connectivity index (χ4v) is 1.52. The molecule has 0 aliphatic heterocycles. The Hall–Kier alpha value is -1.61. The van der Waals surface area contributed by atoms with Crippen molar-refractivity contribution in [1.82, 2.24) is 9.78 Å². The van der Waals surface area contributed by atoms with Crippen LogP contribution in [0.15, 0.2) is 30.5 Å². The first-order valence-corrected chi connectivity index (χ1v) is 4.83. The largest absolute Gasteiger partial charge is 0.298 e. The lowest BCUT2D eigenvalue weighted by Crippen LogP contribution is -1.89. The normalized spacial score (nSPS) is 10.3. The maximum Gasteiger partial charge on any atom is 0.151 e. The molecule has 3 nitrogen and oxygen atoms in total. The summed E-state index contributed by atoms with van der Waals surface area (Å²) in [7, 11) is 1.85. The topological polar surface area (TPSA) is 34.9 Å². The van der Waals surface area contributed by atoms with Gasteiger partial charge in [0.2, 0.25) is 0 Å². The van der Waals surface area contributed by atoms with Crippen LogP contribution in [0, 0.1) is 0 Å². The van der Waals surface area contributed by atoms with Gasteiger partial charge in [-0.05, 0) is 18.2 Å². The minimum atomic E-state index is 0.463. The Labute approximate surface area is 92.3 Å². The van der Waals surface area contributed by atoms with Gasteiger partial charge in [-0.15, -0.1) is 0 Å². The Morgan fingerprint density at radius 3 is 2.80 bits per heavy atom. The monoisotopic (exact) mass is 220 g/mol. The van der Waals surface area contributed by atoms with E-state index in [1.807, 2.05) is 25.4 Å². The van der Waals surface area contributed by atoms with E-state index < -0.39 is 0 Å². The zero-order valence-corrected chi connectivity index (χ0v) is 8.90. The lowest BCUT2D eigenvalue weighted by atomic mass is 10.1. The van der Waals surface area contributed by atoms with Gasteiger partial charge in [-0.1, -0.05) is 17.7 Å². The average molecular weight is 221 g/mol. The predicted octanol–water partition coefficient (Wildman–Crippen LogP) is 2.55. The first kappa shape index (κ1) is 9.93. The summed E-state index contributed by atoms with van der Waals surface area (Å²) in [4.78, 5) is 10.7. The van der Waals surface area contributed by atoms with E-state index in [2.05, 4.69) is 5.10 Å². The molecule has 0 amide bonds. The molecule has 0 saturated heterocycles. The Morgan fingerprint density at radius 1 is 1.40 bits per heavy atom. The Kier molecular flexibility index (Phi) is 2.56. The number of hydrogen-bond acceptors (Lipinski definition) is 2. The van der Waals surface area contributed by atoms with Crippen LogP contribution in [0.5, 0.6) is 0 Å². The standard InChI is InChI=1S/C11H9ClN2O/c1-14-5-4-11(13-14)8-2-3-10(12)9(6-8)7-15/h2-7H,1H3. The molecule has 15 heavy (non-hydrogen) atoms. The third-order valence-electron chi connectivity index (χ3n) is 2.13. The summed E-state index contributed by atoms with van der Waals surface area (Å²) in [5.41, 5.74) is 2.21. The van der Waals surface area contributed by atoms with E-state index in [9.17, 15) is 4.79 Å². The number of nitrogens with zero attached hydrogens (tertiary/aromatic N) is 2. The van der Waals surface area contributed by atoms with Crippen molar-refractivity contribution in [1.29, 1.82) is 0 Å². The van der Waals surface area contributed by atoms with Crippen LogP contribution in [0.25, 0.3) is 11.3 Å². The Morgan fingerprint density at radius 2 is 2.20 bits per heavy atom. The van der Waals surface area contributed by atoms with Crippen LogP contribution in [0.2, 0.25) is 5.02 Å². The van der Waals surface area contributed by atoms with E-state index in [-0.39, 0.29) is 0 Å². The van der Waals surface area contributed by atoms with Crippen LogP contribution in [-0.2, 0) is 7.05 Å². The van der Waals surface area contributed by atoms with Gasteiger partial charge < -0.3 is 0 Å². The Balaban J connectivity index is 2.50. The number of benzene rings is 1. The van der Waals surface area contributed by atoms with Crippen LogP contribution < -0.4 is 0 Å². The number of aldehydes is 1. The molecule has 0 saturated carbocycles. The fraction of sp³-hybridized carbons (Fsp3) is 0.0909. The molecule has 0 atom stereocenters. The van der Waals surface area contributed by atoms with E-state index in [1.54, 1.807) is 16.8 Å². The SMILES string of the molecule is Cn1ccc(-c2ccc(Cl)c(C=O)c2)n1. The van der Waals surface area contributed by atoms with E-state index in [4.69, 9.17) is 11.6 Å². The third-order valence-corrected chi connectivity index (χ3v) is 2.48. The molecular weight excluding hydrogens is 212 g/mol. The maximum atomic E-state index is 10.7. The smallest absolute Gasteiger partial charge is 0.151 e. The molecular formula is C11H9ClN2O. The van der Waals surface area contributed by atoms with E-state index in [0.717, 1.165) is 17.5 Å². The number of halogens is 1. The third kappa shape index (κ3) is 1.92. The highest BCUT2D eigenvalue weighted by Crippen LogP contribution is 2.22. The van der Waals surface area contributed by atoms with E-state index >= 15 is 0 Å². The molecule has 0 unspecified atom stereocenters. The summed E-state index contributed by atoms with van der Waals surface area (Å²) in [6, 6.07) is 7.17. The van der Waals surface area contributed by atoms with Gasteiger partial charge in [-0.3, -0.25) is 9.48 Å². The summed E-state index contributed by atoms with van der Waals surface area (Å²) in [6.07, 6.45) is 2.60. The second kappa shape index (κ2) is 3.87. The van der Waals surface area contributed by atoms with Crippen molar-refractivity contribution in [2.24, 2.45) is 7.05 Å². The quantitative estimate of drug-likeness (QED) is 0.729. The molecule has 1 aromatic carbocycles. The highest BCUT2D eigenvalue weighted by atomic mass is 35.5. The van der Waals surface area contributed by atoms with Gasteiger partial charge >= 0.3 is 0 Å². The number of rotatable bonds is 2. The number of aromatic nitrogens is 2. The highest BCUT2D eigenvalue weighted by Gasteiger charge is 2.04. The molecule has 2 rings (SSSR count). The van der Waals surface area contributed by atoms with Crippen LogP contribution >= 0.6 is 11.6 Å². The van der Waals surface area contributed by atoms with Crippen LogP contribution in [0.1, 0.15) is 10.4 Å². The molecule has 76 valence electrons. The summed E-state index contributed by atoms with van der Waals surface area (Å²) in [5.74, 6) is 0. The molecule has 1 aromatic heterocycles. The average Bonchev–Trinajstić information content (AvgIpc) is 2.66. The minimum Gasteiger partial charge on any atom is -0.298 e. The van der Waals surface area contributed by atoms with Gasteiger partial charge in [-0.2, -0.15) is 5.10 Å². The maximum absolute atomic E-state index is 10.7. The van der Waals surface area contributed by atoms with Crippen molar-refractivity contribution in [2.75, 3.05) is 0 Å². The zero-order valence-electron chi connectivity index (χ0n) is 8.14. The fourth-order valence-electron chi connectivity index (χ4n) is 1.36. The summed E-state index contributed by atoms with van der Waals surface area (Å²) in [5, 5.41) is 4.71. The van der Waals surface area contributed by atoms with E-state index in [0.29, 0.717) is 10.6 Å². The van der Waals surface area contributed by atoms with Crippen LogP contribution in [0.3, 0.4) is 0 Å². The molecule has 2 aromatic rings. The van der Waals surface area contributed by atoms with Crippen molar-refractivity contribution in [3.8, 4) is 11.3 Å². The zero-order chi connectivity index (χ0) is 10.8. The van der Waals surface area contributed by atoms with Crippen molar-refractivity contribution in [2.45, 2.75) is 0 Å². The first-order chi connectivity index (χ1) is 7.20. The van der Waals surface area contributed by atoms with Crippen molar-refractivity contribution in [3.63, 3.8) is 0 Å². The molecule has 0 bridgehead atoms. The van der Waals surface area contributed by atoms with Gasteiger partial charge in [0, 0.05) is 24.4 Å². The first-order valence-electron chi connectivity index (χ1n) is 4.45. The van der Waals surface area contributed by atoms with Crippen molar-refractivity contribution < 1.29 is 4.79 Å². The molecule has 0 aliphatic rings. The van der Waals surface area contributed by atoms with E-state index in [1.165, 1.54) is 0 Å². The second-order valence-electron chi connectivity index (χ2n) is 3.23. The lowest BCUT2D eigenvalue weighted by molar-refractivity contribution is 0.112. The summed E-state index contributed by atoms with van der Waals surface area (Å²) >= 11 is 5.83.